The molecule has 42 heavy (non-hydrogen) atoms. The normalized spacial score (nSPS) is 16.3. The molecule has 5 nitrogen and oxygen atoms in total. The van der Waals surface area contributed by atoms with Gasteiger partial charge in [0.1, 0.15) is 12.4 Å². The van der Waals surface area contributed by atoms with E-state index in [0.29, 0.717) is 12.4 Å². The molecule has 1 aliphatic rings. The first-order chi connectivity index (χ1) is 19.9. The number of aromatic nitrogens is 2. The van der Waals surface area contributed by atoms with Crippen LogP contribution >= 0.6 is 0 Å². The molecule has 224 valence electrons. The van der Waals surface area contributed by atoms with Crippen molar-refractivity contribution in [1.29, 1.82) is 0 Å². The summed E-state index contributed by atoms with van der Waals surface area (Å²) in [5.41, 5.74) is 11.6. The Labute approximate surface area is 252 Å². The molecule has 3 aromatic carbocycles. The molecule has 0 aliphatic heterocycles. The second-order valence-corrected chi connectivity index (χ2v) is 13.2. The van der Waals surface area contributed by atoms with E-state index in [1.54, 1.807) is 0 Å². The van der Waals surface area contributed by atoms with Crippen molar-refractivity contribution >= 4 is 10.8 Å². The molecule has 0 saturated heterocycles. The lowest BCUT2D eigenvalue weighted by Gasteiger charge is -2.42. The predicted molar refractivity (Wildman–Crippen MR) is 175 cm³/mol. The molecule has 5 rings (SSSR count). The van der Waals surface area contributed by atoms with Crippen LogP contribution in [-0.4, -0.2) is 10.1 Å². The number of nitrogens with zero attached hydrogens (tertiary/aromatic N) is 2. The highest BCUT2D eigenvalue weighted by atomic mass is 16.5. The lowest BCUT2D eigenvalue weighted by Crippen LogP contribution is -2.33. The van der Waals surface area contributed by atoms with Gasteiger partial charge in [0.05, 0.1) is 0 Å². The minimum Gasteiger partial charge on any atom is -0.489 e. The summed E-state index contributed by atoms with van der Waals surface area (Å²) in [6, 6.07) is 19.5. The molecule has 0 saturated carbocycles. The number of allylic oxidation sites excluding steroid dienone is 2. The van der Waals surface area contributed by atoms with Crippen LogP contribution in [0.4, 0.5) is 0 Å². The van der Waals surface area contributed by atoms with Crippen molar-refractivity contribution in [3.63, 3.8) is 0 Å². The average molecular weight is 568 g/mol. The van der Waals surface area contributed by atoms with E-state index in [2.05, 4.69) is 100 Å². The van der Waals surface area contributed by atoms with Crippen molar-refractivity contribution in [2.45, 2.75) is 111 Å². The van der Waals surface area contributed by atoms with Gasteiger partial charge in [-0.3, -0.25) is 0 Å². The van der Waals surface area contributed by atoms with Gasteiger partial charge in [0.15, 0.2) is 0 Å². The number of benzene rings is 3. The summed E-state index contributed by atoms with van der Waals surface area (Å²) < 4.78 is 11.8. The molecule has 2 N–H and O–H groups in total. The molecule has 1 heterocycles. The van der Waals surface area contributed by atoms with Gasteiger partial charge in [-0.2, -0.15) is 4.98 Å². The number of unbranched alkanes of at least 4 members (excludes halogenated alkanes) is 1. The van der Waals surface area contributed by atoms with Crippen LogP contribution in [0.3, 0.4) is 0 Å². The Balaban J connectivity index is 0.000000748. The Kier molecular flexibility index (Phi) is 9.81. The molecule has 0 unspecified atom stereocenters. The standard InChI is InChI=1S/C33H40N2O2.C4H9N/c1-7-8-9-22(2)31-34-30(35-37-31)26-12-11-25-20-27(14-13-24(25)19-26)36-21-23-10-15-28-29(18-23)33(5,6)17-16-32(28,3)4;1-3-4(2)5/h10-15,18-20,22H,7-9,16-17,21H2,1-6H3;3H,5H2,1-2H3/b;4-3-/t22-;/m0./s1. The molecule has 1 atom stereocenters. The van der Waals surface area contributed by atoms with Gasteiger partial charge < -0.3 is 15.0 Å². The Bertz CT molecular complexity index is 1530. The van der Waals surface area contributed by atoms with Crippen molar-refractivity contribution in [2.24, 2.45) is 5.73 Å². The van der Waals surface area contributed by atoms with E-state index in [1.807, 2.05) is 26.0 Å². The summed E-state index contributed by atoms with van der Waals surface area (Å²) in [6.45, 7) is 18.2. The smallest absolute Gasteiger partial charge is 0.229 e. The number of rotatable bonds is 8. The summed E-state index contributed by atoms with van der Waals surface area (Å²) in [5, 5.41) is 6.51. The zero-order chi connectivity index (χ0) is 30.5. The van der Waals surface area contributed by atoms with E-state index in [9.17, 15) is 0 Å². The second-order valence-electron chi connectivity index (χ2n) is 13.2. The van der Waals surface area contributed by atoms with Crippen LogP contribution in [0.25, 0.3) is 22.2 Å². The fraction of sp³-hybridized carbons (Fsp3) is 0.459. The number of nitrogens with two attached hydrogens (primary N) is 1. The first kappa shape index (κ1) is 31.3. The Hall–Kier alpha value is -3.60. The van der Waals surface area contributed by atoms with Crippen LogP contribution in [0.15, 0.2) is 70.9 Å². The van der Waals surface area contributed by atoms with Crippen molar-refractivity contribution in [2.75, 3.05) is 0 Å². The number of hydrogen-bond acceptors (Lipinski definition) is 5. The minimum absolute atomic E-state index is 0.203. The maximum atomic E-state index is 6.25. The zero-order valence-corrected chi connectivity index (χ0v) is 26.9. The third-order valence-electron chi connectivity index (χ3n) is 8.70. The lowest BCUT2D eigenvalue weighted by molar-refractivity contribution is 0.303. The summed E-state index contributed by atoms with van der Waals surface area (Å²) >= 11 is 0. The Morgan fingerprint density at radius 1 is 0.976 bits per heavy atom. The lowest BCUT2D eigenvalue weighted by atomic mass is 9.63. The molecule has 1 aromatic heterocycles. The van der Waals surface area contributed by atoms with Gasteiger partial charge in [-0.15, -0.1) is 0 Å². The van der Waals surface area contributed by atoms with Gasteiger partial charge in [0.25, 0.3) is 0 Å². The fourth-order valence-electron chi connectivity index (χ4n) is 5.53. The molecule has 0 amide bonds. The highest BCUT2D eigenvalue weighted by molar-refractivity contribution is 5.87. The van der Waals surface area contributed by atoms with E-state index >= 15 is 0 Å². The summed E-state index contributed by atoms with van der Waals surface area (Å²) in [5.74, 6) is 2.54. The Morgan fingerprint density at radius 3 is 2.33 bits per heavy atom. The van der Waals surface area contributed by atoms with Crippen molar-refractivity contribution < 1.29 is 9.26 Å². The van der Waals surface area contributed by atoms with E-state index in [-0.39, 0.29) is 16.7 Å². The first-order valence-corrected chi connectivity index (χ1v) is 15.5. The first-order valence-electron chi connectivity index (χ1n) is 15.5. The van der Waals surface area contributed by atoms with E-state index < -0.39 is 0 Å². The topological polar surface area (TPSA) is 74.2 Å². The van der Waals surface area contributed by atoms with Gasteiger partial charge in [0.2, 0.25) is 11.7 Å². The number of fused-ring (bicyclic) bond motifs is 2. The van der Waals surface area contributed by atoms with E-state index in [1.165, 1.54) is 42.4 Å². The monoisotopic (exact) mass is 567 g/mol. The molecule has 0 fully saturated rings. The van der Waals surface area contributed by atoms with Crippen molar-refractivity contribution in [3.8, 4) is 17.1 Å². The zero-order valence-electron chi connectivity index (χ0n) is 26.9. The average Bonchev–Trinajstić information content (AvgIpc) is 3.48. The van der Waals surface area contributed by atoms with Crippen LogP contribution in [0.5, 0.6) is 5.75 Å². The quantitative estimate of drug-likeness (QED) is 0.229. The fourth-order valence-corrected chi connectivity index (χ4v) is 5.53. The largest absolute Gasteiger partial charge is 0.489 e. The van der Waals surface area contributed by atoms with E-state index in [0.717, 1.165) is 40.1 Å². The second kappa shape index (κ2) is 13.1. The van der Waals surface area contributed by atoms with E-state index in [4.69, 9.17) is 15.0 Å². The van der Waals surface area contributed by atoms with Crippen LogP contribution in [0.1, 0.15) is 116 Å². The molecule has 5 heteroatoms. The van der Waals surface area contributed by atoms with Crippen molar-refractivity contribution in [1.82, 2.24) is 10.1 Å². The molecule has 4 aromatic rings. The highest BCUT2D eigenvalue weighted by Crippen LogP contribution is 2.46. The van der Waals surface area contributed by atoms with Gasteiger partial charge in [0, 0.05) is 17.2 Å². The predicted octanol–water partition coefficient (Wildman–Crippen LogP) is 9.98. The van der Waals surface area contributed by atoms with Gasteiger partial charge in [-0.05, 0) is 89.6 Å². The third kappa shape index (κ3) is 7.42. The highest BCUT2D eigenvalue weighted by Gasteiger charge is 2.36. The summed E-state index contributed by atoms with van der Waals surface area (Å²) in [7, 11) is 0. The molecule has 0 bridgehead atoms. The SMILES string of the molecule is C/C=C(/C)N.CCCC[C@H](C)c1nc(-c2ccc3cc(OCc4ccc5c(c4)C(C)(C)CCC5(C)C)ccc3c2)no1. The molecule has 1 aliphatic carbocycles. The van der Waals surface area contributed by atoms with Crippen LogP contribution in [0, 0.1) is 0 Å². The van der Waals surface area contributed by atoms with Crippen LogP contribution in [-0.2, 0) is 17.4 Å². The summed E-state index contributed by atoms with van der Waals surface area (Å²) in [4.78, 5) is 4.67. The van der Waals surface area contributed by atoms with Gasteiger partial charge in [-0.1, -0.05) is 102 Å². The van der Waals surface area contributed by atoms with Gasteiger partial charge in [-0.25, -0.2) is 0 Å². The van der Waals surface area contributed by atoms with Gasteiger partial charge >= 0.3 is 0 Å². The molecule has 0 radical (unpaired) electrons. The molecule has 0 spiro atoms. The maximum Gasteiger partial charge on any atom is 0.229 e. The third-order valence-corrected chi connectivity index (χ3v) is 8.70. The molecular formula is C37H49N3O2. The number of ether oxygens (including phenoxy) is 1. The van der Waals surface area contributed by atoms with Crippen LogP contribution < -0.4 is 10.5 Å². The number of hydrogen-bond donors (Lipinski definition) is 1. The minimum atomic E-state index is 0.203. The Morgan fingerprint density at radius 2 is 1.64 bits per heavy atom. The molecular weight excluding hydrogens is 518 g/mol. The van der Waals surface area contributed by atoms with Crippen molar-refractivity contribution in [3.05, 3.63) is 89.0 Å². The maximum absolute atomic E-state index is 6.25. The summed E-state index contributed by atoms with van der Waals surface area (Å²) in [6.07, 6.45) is 7.72. The van der Waals surface area contributed by atoms with Crippen LogP contribution in [0.2, 0.25) is 0 Å².